The minimum Gasteiger partial charge on any atom is -0.495 e. The Bertz CT molecular complexity index is 1320. The molecule has 31 heavy (non-hydrogen) atoms. The predicted molar refractivity (Wildman–Crippen MR) is 127 cm³/mol. The van der Waals surface area contributed by atoms with E-state index in [9.17, 15) is 9.59 Å². The van der Waals surface area contributed by atoms with E-state index in [2.05, 4.69) is 10.3 Å². The third-order valence-electron chi connectivity index (χ3n) is 4.50. The molecule has 0 saturated heterocycles. The Morgan fingerprint density at radius 2 is 2.00 bits per heavy atom. The van der Waals surface area contributed by atoms with Gasteiger partial charge in [-0.2, -0.15) is 0 Å². The average Bonchev–Trinajstić information content (AvgIpc) is 3.22. The molecule has 4 aromatic rings. The van der Waals surface area contributed by atoms with Crippen LogP contribution < -0.4 is 15.6 Å². The number of nitrogens with one attached hydrogen (secondary N) is 1. The Hall–Kier alpha value is -2.81. The van der Waals surface area contributed by atoms with E-state index in [0.29, 0.717) is 37.5 Å². The molecule has 2 aromatic heterocycles. The Balaban J connectivity index is 1.63. The molecule has 158 valence electrons. The van der Waals surface area contributed by atoms with E-state index in [4.69, 9.17) is 16.3 Å². The van der Waals surface area contributed by atoms with Gasteiger partial charge in [0.05, 0.1) is 29.8 Å². The van der Waals surface area contributed by atoms with Gasteiger partial charge in [0.15, 0.2) is 5.16 Å². The van der Waals surface area contributed by atoms with Crippen molar-refractivity contribution < 1.29 is 9.53 Å². The molecular weight excluding hydrogens is 454 g/mol. The number of carbonyl (C=O) groups excluding carboxylic acids is 1. The Morgan fingerprint density at radius 1 is 1.23 bits per heavy atom. The highest BCUT2D eigenvalue weighted by molar-refractivity contribution is 7.99. The lowest BCUT2D eigenvalue weighted by Crippen LogP contribution is -2.22. The molecule has 0 atom stereocenters. The van der Waals surface area contributed by atoms with Gasteiger partial charge in [-0.05, 0) is 60.3 Å². The van der Waals surface area contributed by atoms with Crippen LogP contribution in [0, 0.1) is 6.92 Å². The molecule has 0 spiro atoms. The number of aryl methyl sites for hydroxylation is 1. The molecule has 1 amide bonds. The molecule has 9 heteroatoms. The molecule has 0 aliphatic carbocycles. The quantitative estimate of drug-likeness (QED) is 0.311. The van der Waals surface area contributed by atoms with Gasteiger partial charge < -0.3 is 10.1 Å². The summed E-state index contributed by atoms with van der Waals surface area (Å²) in [5, 5.41) is 5.71. The van der Waals surface area contributed by atoms with Crippen molar-refractivity contribution in [2.45, 2.75) is 12.1 Å². The van der Waals surface area contributed by atoms with Crippen molar-refractivity contribution in [3.8, 4) is 11.4 Å². The van der Waals surface area contributed by atoms with E-state index < -0.39 is 0 Å². The second-order valence-electron chi connectivity index (χ2n) is 6.69. The second-order valence-corrected chi connectivity index (χ2v) is 8.98. The van der Waals surface area contributed by atoms with Crippen LogP contribution in [0.2, 0.25) is 5.02 Å². The molecule has 0 bridgehead atoms. The van der Waals surface area contributed by atoms with Gasteiger partial charge >= 0.3 is 0 Å². The van der Waals surface area contributed by atoms with Crippen LogP contribution in [0.15, 0.2) is 63.9 Å². The predicted octanol–water partition coefficient (Wildman–Crippen LogP) is 5.15. The highest BCUT2D eigenvalue weighted by Gasteiger charge is 2.16. The molecule has 0 fully saturated rings. The maximum Gasteiger partial charge on any atom is 0.276 e. The minimum atomic E-state index is -0.226. The molecular formula is C22H18ClN3O3S2. The smallest absolute Gasteiger partial charge is 0.276 e. The van der Waals surface area contributed by atoms with Gasteiger partial charge in [-0.15, -0.1) is 11.3 Å². The van der Waals surface area contributed by atoms with Gasteiger partial charge in [-0.25, -0.2) is 4.98 Å². The van der Waals surface area contributed by atoms with E-state index in [1.54, 1.807) is 37.4 Å². The normalized spacial score (nSPS) is 10.9. The van der Waals surface area contributed by atoms with Crippen molar-refractivity contribution in [3.05, 3.63) is 74.9 Å². The summed E-state index contributed by atoms with van der Waals surface area (Å²) in [5.41, 5.74) is 2.68. The topological polar surface area (TPSA) is 73.2 Å². The summed E-state index contributed by atoms with van der Waals surface area (Å²) < 4.78 is 7.39. The number of nitrogens with zero attached hydrogens (tertiary/aromatic N) is 2. The van der Waals surface area contributed by atoms with Crippen LogP contribution in [0.4, 0.5) is 5.69 Å². The number of rotatable bonds is 6. The zero-order chi connectivity index (χ0) is 22.0. The van der Waals surface area contributed by atoms with Crippen molar-refractivity contribution in [1.29, 1.82) is 0 Å². The molecule has 0 aliphatic heterocycles. The molecule has 0 saturated carbocycles. The SMILES string of the molecule is COc1ccc(C)cc1NC(=O)CSc1nc2ccsc2c(=O)n1-c1ccc(Cl)cc1. The number of thioether (sulfide) groups is 1. The van der Waals surface area contributed by atoms with Crippen molar-refractivity contribution in [2.24, 2.45) is 0 Å². The Morgan fingerprint density at radius 3 is 2.74 bits per heavy atom. The van der Waals surface area contributed by atoms with Crippen LogP contribution in [0.3, 0.4) is 0 Å². The molecule has 2 heterocycles. The van der Waals surface area contributed by atoms with Gasteiger partial charge in [-0.3, -0.25) is 14.2 Å². The highest BCUT2D eigenvalue weighted by atomic mass is 35.5. The number of amides is 1. The third kappa shape index (κ3) is 4.61. The van der Waals surface area contributed by atoms with Gasteiger partial charge in [0.2, 0.25) is 5.91 Å². The van der Waals surface area contributed by atoms with Crippen molar-refractivity contribution in [2.75, 3.05) is 18.2 Å². The first-order valence-electron chi connectivity index (χ1n) is 9.30. The Kier molecular flexibility index (Phi) is 6.31. The van der Waals surface area contributed by atoms with Crippen molar-refractivity contribution >= 4 is 56.5 Å². The number of halogens is 1. The number of hydrogen-bond acceptors (Lipinski definition) is 6. The number of aromatic nitrogens is 2. The largest absolute Gasteiger partial charge is 0.495 e. The van der Waals surface area contributed by atoms with E-state index >= 15 is 0 Å². The molecule has 0 radical (unpaired) electrons. The first-order valence-corrected chi connectivity index (χ1v) is 11.5. The number of anilines is 1. The zero-order valence-electron chi connectivity index (χ0n) is 16.7. The third-order valence-corrected chi connectivity index (χ3v) is 6.58. The number of methoxy groups -OCH3 is 1. The van der Waals surface area contributed by atoms with E-state index in [-0.39, 0.29) is 17.2 Å². The van der Waals surface area contributed by atoms with Crippen LogP contribution in [0.1, 0.15) is 5.56 Å². The summed E-state index contributed by atoms with van der Waals surface area (Å²) in [6, 6.07) is 14.3. The summed E-state index contributed by atoms with van der Waals surface area (Å²) >= 11 is 8.54. The molecule has 0 unspecified atom stereocenters. The van der Waals surface area contributed by atoms with Crippen molar-refractivity contribution in [1.82, 2.24) is 9.55 Å². The number of carbonyl (C=O) groups is 1. The molecule has 6 nitrogen and oxygen atoms in total. The maximum absolute atomic E-state index is 13.1. The van der Waals surface area contributed by atoms with Crippen molar-refractivity contribution in [3.63, 3.8) is 0 Å². The van der Waals surface area contributed by atoms with Crippen LogP contribution in [0.25, 0.3) is 15.9 Å². The summed E-state index contributed by atoms with van der Waals surface area (Å²) in [6.07, 6.45) is 0. The van der Waals surface area contributed by atoms with Gasteiger partial charge in [0, 0.05) is 5.02 Å². The monoisotopic (exact) mass is 471 g/mol. The standard InChI is InChI=1S/C22H18ClN3O3S2/c1-13-3-8-18(29-2)17(11-13)24-19(27)12-31-22-25-16-9-10-30-20(16)21(28)26(22)15-6-4-14(23)5-7-15/h3-11H,12H2,1-2H3,(H,24,27). The number of hydrogen-bond donors (Lipinski definition) is 1. The fourth-order valence-corrected chi connectivity index (χ4v) is 4.74. The Labute approximate surface area is 191 Å². The zero-order valence-corrected chi connectivity index (χ0v) is 19.1. The van der Waals surface area contributed by atoms with E-state index in [1.165, 1.54) is 27.7 Å². The molecule has 1 N–H and O–H groups in total. The average molecular weight is 472 g/mol. The fraction of sp³-hybridized carbons (Fsp3) is 0.136. The van der Waals surface area contributed by atoms with Crippen LogP contribution in [-0.2, 0) is 4.79 Å². The number of benzene rings is 2. The van der Waals surface area contributed by atoms with Gasteiger partial charge in [0.1, 0.15) is 10.4 Å². The number of thiophene rings is 1. The summed E-state index contributed by atoms with van der Waals surface area (Å²) in [5.74, 6) is 0.434. The minimum absolute atomic E-state index is 0.0762. The van der Waals surface area contributed by atoms with Crippen LogP contribution in [-0.4, -0.2) is 28.3 Å². The van der Waals surface area contributed by atoms with Crippen LogP contribution in [0.5, 0.6) is 5.75 Å². The fourth-order valence-electron chi connectivity index (χ4n) is 3.04. The summed E-state index contributed by atoms with van der Waals surface area (Å²) in [6.45, 7) is 1.94. The van der Waals surface area contributed by atoms with Gasteiger partial charge in [-0.1, -0.05) is 29.4 Å². The number of fused-ring (bicyclic) bond motifs is 1. The maximum atomic E-state index is 13.1. The molecule has 4 rings (SSSR count). The lowest BCUT2D eigenvalue weighted by molar-refractivity contribution is -0.113. The summed E-state index contributed by atoms with van der Waals surface area (Å²) in [4.78, 5) is 30.4. The lowest BCUT2D eigenvalue weighted by atomic mass is 10.2. The van der Waals surface area contributed by atoms with E-state index in [0.717, 1.165) is 5.56 Å². The first kappa shape index (κ1) is 21.4. The van der Waals surface area contributed by atoms with Gasteiger partial charge in [0.25, 0.3) is 5.56 Å². The second kappa shape index (κ2) is 9.13. The van der Waals surface area contributed by atoms with E-state index in [1.807, 2.05) is 30.5 Å². The highest BCUT2D eigenvalue weighted by Crippen LogP contribution is 2.27. The summed E-state index contributed by atoms with van der Waals surface area (Å²) in [7, 11) is 1.56. The molecule has 2 aromatic carbocycles. The van der Waals surface area contributed by atoms with Crippen LogP contribution >= 0.6 is 34.7 Å². The number of ether oxygens (including phenoxy) is 1. The first-order chi connectivity index (χ1) is 15.0. The molecule has 0 aliphatic rings. The lowest BCUT2D eigenvalue weighted by Gasteiger charge is -2.13.